The highest BCUT2D eigenvalue weighted by Crippen LogP contribution is 2.37. The molecule has 0 amide bonds. The zero-order chi connectivity index (χ0) is 19.4. The highest BCUT2D eigenvalue weighted by Gasteiger charge is 2.36. The van der Waals surface area contributed by atoms with Crippen molar-refractivity contribution in [1.29, 1.82) is 0 Å². The fourth-order valence-corrected chi connectivity index (χ4v) is 3.81. The van der Waals surface area contributed by atoms with Crippen molar-refractivity contribution in [3.05, 3.63) is 59.2 Å². The lowest BCUT2D eigenvalue weighted by atomic mass is 9.96. The average Bonchev–Trinajstić information content (AvgIpc) is 3.31. The van der Waals surface area contributed by atoms with E-state index in [1.165, 1.54) is 11.1 Å². The Labute approximate surface area is 188 Å². The summed E-state index contributed by atoms with van der Waals surface area (Å²) < 4.78 is 10.8. The maximum absolute atomic E-state index is 11.1. The molecule has 0 radical (unpaired) electrons. The predicted molar refractivity (Wildman–Crippen MR) is 124 cm³/mol. The first-order chi connectivity index (χ1) is 13.7. The maximum Gasteiger partial charge on any atom is 0.231 e. The Kier molecular flexibility index (Phi) is 7.23. The van der Waals surface area contributed by atoms with Gasteiger partial charge in [0.2, 0.25) is 6.79 Å². The molecular formula is C22H28IN3O3. The van der Waals surface area contributed by atoms with E-state index in [0.717, 1.165) is 49.0 Å². The van der Waals surface area contributed by atoms with Gasteiger partial charge >= 0.3 is 0 Å². The van der Waals surface area contributed by atoms with Crippen molar-refractivity contribution in [2.45, 2.75) is 31.8 Å². The third-order valence-electron chi connectivity index (χ3n) is 5.31. The molecule has 156 valence electrons. The molecule has 0 aromatic heterocycles. The fraction of sp³-hybridized carbons (Fsp3) is 0.409. The van der Waals surface area contributed by atoms with Gasteiger partial charge in [0.1, 0.15) is 5.60 Å². The first-order valence-electron chi connectivity index (χ1n) is 9.89. The Hall–Kier alpha value is -2.00. The van der Waals surface area contributed by atoms with Gasteiger partial charge in [-0.25, -0.2) is 4.99 Å². The Bertz CT molecular complexity index is 874. The normalized spacial score (nSPS) is 19.4. The van der Waals surface area contributed by atoms with Crippen molar-refractivity contribution >= 4 is 29.9 Å². The predicted octanol–water partition coefficient (Wildman–Crippen LogP) is 2.96. The third kappa shape index (κ3) is 4.95. The number of aliphatic hydroxyl groups is 1. The number of hydrogen-bond acceptors (Lipinski definition) is 4. The number of rotatable bonds is 6. The van der Waals surface area contributed by atoms with Gasteiger partial charge in [0.05, 0.1) is 6.54 Å². The number of benzene rings is 2. The second-order valence-corrected chi connectivity index (χ2v) is 7.25. The molecule has 2 aromatic rings. The van der Waals surface area contributed by atoms with E-state index in [2.05, 4.69) is 27.8 Å². The summed E-state index contributed by atoms with van der Waals surface area (Å²) in [5, 5.41) is 17.7. The number of nitrogens with one attached hydrogen (secondary N) is 2. The Balaban J connectivity index is 0.00000240. The summed E-state index contributed by atoms with van der Waals surface area (Å²) in [5.74, 6) is 2.33. The van der Waals surface area contributed by atoms with Crippen molar-refractivity contribution in [1.82, 2.24) is 10.6 Å². The number of guanidine groups is 1. The third-order valence-corrected chi connectivity index (χ3v) is 5.31. The molecule has 7 heteroatoms. The quantitative estimate of drug-likeness (QED) is 0.317. The SMILES string of the molecule is CCNC(=NCC1(O)CCc2ccccc21)NCCc1ccc2c(c1)OCO2.I. The van der Waals surface area contributed by atoms with E-state index in [1.54, 1.807) is 0 Å². The lowest BCUT2D eigenvalue weighted by molar-refractivity contribution is 0.0485. The lowest BCUT2D eigenvalue weighted by Crippen LogP contribution is -2.39. The Morgan fingerprint density at radius 2 is 1.97 bits per heavy atom. The Morgan fingerprint density at radius 3 is 2.83 bits per heavy atom. The number of ether oxygens (including phenoxy) is 2. The van der Waals surface area contributed by atoms with Gasteiger partial charge in [0.25, 0.3) is 0 Å². The van der Waals surface area contributed by atoms with Crippen molar-refractivity contribution in [3.8, 4) is 11.5 Å². The topological polar surface area (TPSA) is 75.1 Å². The molecular weight excluding hydrogens is 481 g/mol. The highest BCUT2D eigenvalue weighted by atomic mass is 127. The zero-order valence-electron chi connectivity index (χ0n) is 16.6. The summed E-state index contributed by atoms with van der Waals surface area (Å²) in [6.07, 6.45) is 2.46. The lowest BCUT2D eigenvalue weighted by Gasteiger charge is -2.22. The van der Waals surface area contributed by atoms with Gasteiger partial charge in [-0.05, 0) is 55.0 Å². The molecule has 1 aliphatic heterocycles. The minimum atomic E-state index is -0.879. The molecule has 6 nitrogen and oxygen atoms in total. The van der Waals surface area contributed by atoms with E-state index in [-0.39, 0.29) is 24.0 Å². The summed E-state index contributed by atoms with van der Waals surface area (Å²) in [5.41, 5.74) is 2.53. The van der Waals surface area contributed by atoms with Gasteiger partial charge in [-0.2, -0.15) is 0 Å². The van der Waals surface area contributed by atoms with Crippen LogP contribution in [0, 0.1) is 0 Å². The summed E-state index contributed by atoms with van der Waals surface area (Å²) in [7, 11) is 0. The number of hydrogen-bond donors (Lipinski definition) is 3. The standard InChI is InChI=1S/C22H27N3O3.HI/c1-2-23-21(24-12-10-16-7-8-19-20(13-16)28-15-27-19)25-14-22(26)11-9-17-5-3-4-6-18(17)22;/h3-8,13,26H,2,9-12,14-15H2,1H3,(H2,23,24,25);1H. The first-order valence-corrected chi connectivity index (χ1v) is 9.89. The first kappa shape index (κ1) is 21.7. The largest absolute Gasteiger partial charge is 0.454 e. The maximum atomic E-state index is 11.1. The molecule has 4 rings (SSSR count). The molecule has 0 saturated heterocycles. The van der Waals surface area contributed by atoms with Gasteiger partial charge in [0, 0.05) is 13.1 Å². The van der Waals surface area contributed by atoms with Crippen LogP contribution >= 0.6 is 24.0 Å². The van der Waals surface area contributed by atoms with Crippen LogP contribution < -0.4 is 20.1 Å². The van der Waals surface area contributed by atoms with Gasteiger partial charge in [-0.15, -0.1) is 24.0 Å². The van der Waals surface area contributed by atoms with Gasteiger partial charge in [-0.1, -0.05) is 30.3 Å². The highest BCUT2D eigenvalue weighted by molar-refractivity contribution is 14.0. The molecule has 2 aliphatic rings. The summed E-state index contributed by atoms with van der Waals surface area (Å²) in [6, 6.07) is 14.1. The van der Waals surface area contributed by atoms with E-state index in [4.69, 9.17) is 9.47 Å². The van der Waals surface area contributed by atoms with Crippen molar-refractivity contribution < 1.29 is 14.6 Å². The molecule has 0 spiro atoms. The molecule has 29 heavy (non-hydrogen) atoms. The smallest absolute Gasteiger partial charge is 0.231 e. The van der Waals surface area contributed by atoms with Gasteiger partial charge in [-0.3, -0.25) is 0 Å². The minimum absolute atomic E-state index is 0. The van der Waals surface area contributed by atoms with E-state index in [9.17, 15) is 5.11 Å². The van der Waals surface area contributed by atoms with Crippen molar-refractivity contribution in [2.24, 2.45) is 4.99 Å². The molecule has 0 saturated carbocycles. The molecule has 1 heterocycles. The number of nitrogens with zero attached hydrogens (tertiary/aromatic N) is 1. The van der Waals surface area contributed by atoms with Crippen molar-refractivity contribution in [3.63, 3.8) is 0 Å². The minimum Gasteiger partial charge on any atom is -0.454 e. The van der Waals surface area contributed by atoms with Crippen LogP contribution in [0.25, 0.3) is 0 Å². The molecule has 1 atom stereocenters. The molecule has 1 unspecified atom stereocenters. The van der Waals surface area contributed by atoms with Crippen LogP contribution in [0.5, 0.6) is 11.5 Å². The van der Waals surface area contributed by atoms with Gasteiger partial charge < -0.3 is 25.2 Å². The van der Waals surface area contributed by atoms with E-state index >= 15 is 0 Å². The van der Waals surface area contributed by atoms with Gasteiger partial charge in [0.15, 0.2) is 17.5 Å². The molecule has 2 aromatic carbocycles. The number of aliphatic imine (C=N–C) groups is 1. The number of fused-ring (bicyclic) bond motifs is 2. The summed E-state index contributed by atoms with van der Waals surface area (Å²) in [6.45, 7) is 4.18. The van der Waals surface area contributed by atoms with Crippen LogP contribution in [0.3, 0.4) is 0 Å². The number of halogens is 1. The molecule has 0 fully saturated rings. The summed E-state index contributed by atoms with van der Waals surface area (Å²) in [4.78, 5) is 4.65. The van der Waals surface area contributed by atoms with Crippen LogP contribution in [0.15, 0.2) is 47.5 Å². The molecule has 3 N–H and O–H groups in total. The Morgan fingerprint density at radius 1 is 1.14 bits per heavy atom. The molecule has 1 aliphatic carbocycles. The fourth-order valence-electron chi connectivity index (χ4n) is 3.81. The van der Waals surface area contributed by atoms with E-state index in [0.29, 0.717) is 19.8 Å². The van der Waals surface area contributed by atoms with E-state index in [1.807, 2.05) is 37.3 Å². The van der Waals surface area contributed by atoms with Crippen molar-refractivity contribution in [2.75, 3.05) is 26.4 Å². The molecule has 0 bridgehead atoms. The zero-order valence-corrected chi connectivity index (χ0v) is 18.9. The number of aryl methyl sites for hydroxylation is 1. The van der Waals surface area contributed by atoms with Crippen LogP contribution in [0.1, 0.15) is 30.0 Å². The van der Waals surface area contributed by atoms with Crippen LogP contribution in [0.4, 0.5) is 0 Å². The average molecular weight is 509 g/mol. The summed E-state index contributed by atoms with van der Waals surface area (Å²) >= 11 is 0. The van der Waals surface area contributed by atoms with Crippen LogP contribution in [-0.4, -0.2) is 37.5 Å². The monoisotopic (exact) mass is 509 g/mol. The second-order valence-electron chi connectivity index (χ2n) is 7.25. The second kappa shape index (κ2) is 9.67. The van der Waals surface area contributed by atoms with E-state index < -0.39 is 5.60 Å². The van der Waals surface area contributed by atoms with Crippen LogP contribution in [-0.2, 0) is 18.4 Å². The van der Waals surface area contributed by atoms with Crippen LogP contribution in [0.2, 0.25) is 0 Å².